The molecule has 0 spiro atoms. The molecule has 0 aliphatic heterocycles. The number of aromatic nitrogens is 1. The summed E-state index contributed by atoms with van der Waals surface area (Å²) < 4.78 is 6.14. The minimum Gasteiger partial charge on any atom is -0.506 e. The number of oxazole rings is 1. The van der Waals surface area contributed by atoms with Crippen molar-refractivity contribution in [3.8, 4) is 17.2 Å². The number of benzene rings is 4. The van der Waals surface area contributed by atoms with Crippen LogP contribution in [-0.4, -0.2) is 21.2 Å². The van der Waals surface area contributed by atoms with Gasteiger partial charge in [-0.15, -0.1) is 0 Å². The molecule has 1 heterocycles. The quantitative estimate of drug-likeness (QED) is 0.171. The molecule has 0 atom stereocenters. The van der Waals surface area contributed by atoms with Gasteiger partial charge in [0, 0.05) is 29.5 Å². The SMILES string of the molecule is O=[N+]([O-])c1cc(Br)c(O)c(C=Nc2ccc3oc(-c4ccc5ccccc5c4)nc3c2)c1. The van der Waals surface area contributed by atoms with Crippen molar-refractivity contribution in [2.24, 2.45) is 4.99 Å². The van der Waals surface area contributed by atoms with Crippen LogP contribution in [0.2, 0.25) is 0 Å². The lowest BCUT2D eigenvalue weighted by Gasteiger charge is -2.02. The Kier molecular flexibility index (Phi) is 4.91. The standard InChI is InChI=1S/C24H14BrN3O4/c25-20-12-19(28(30)31)10-17(23(20)29)13-26-18-7-8-22-21(11-18)27-24(32-22)16-6-5-14-3-1-2-4-15(14)9-16/h1-13,29H. The smallest absolute Gasteiger partial charge is 0.271 e. The zero-order valence-electron chi connectivity index (χ0n) is 16.4. The third-order valence-corrected chi connectivity index (χ3v) is 5.61. The number of aliphatic imine (C=N–C) groups is 1. The van der Waals surface area contributed by atoms with E-state index in [1.165, 1.54) is 18.3 Å². The monoisotopic (exact) mass is 487 g/mol. The molecule has 1 N–H and O–H groups in total. The molecule has 4 aromatic carbocycles. The molecule has 32 heavy (non-hydrogen) atoms. The summed E-state index contributed by atoms with van der Waals surface area (Å²) >= 11 is 3.13. The fraction of sp³-hybridized carbons (Fsp3) is 0. The molecule has 7 nitrogen and oxygen atoms in total. The number of aromatic hydroxyl groups is 1. The number of nitro groups is 1. The topological polar surface area (TPSA) is 102 Å². The first-order chi connectivity index (χ1) is 15.5. The summed E-state index contributed by atoms with van der Waals surface area (Å²) in [5.74, 6) is 0.382. The van der Waals surface area contributed by atoms with Gasteiger partial charge in [-0.25, -0.2) is 4.98 Å². The number of hydrogen-bond acceptors (Lipinski definition) is 6. The summed E-state index contributed by atoms with van der Waals surface area (Å²) in [7, 11) is 0. The van der Waals surface area contributed by atoms with Crippen molar-refractivity contribution >= 4 is 55.4 Å². The van der Waals surface area contributed by atoms with E-state index in [9.17, 15) is 15.2 Å². The average Bonchev–Trinajstić information content (AvgIpc) is 3.23. The molecule has 0 saturated heterocycles. The number of nitrogens with zero attached hydrogens (tertiary/aromatic N) is 3. The normalized spacial score (nSPS) is 11.5. The van der Waals surface area contributed by atoms with Crippen molar-refractivity contribution in [2.45, 2.75) is 0 Å². The van der Waals surface area contributed by atoms with Crippen LogP contribution in [0.1, 0.15) is 5.56 Å². The zero-order chi connectivity index (χ0) is 22.2. The molecule has 1 aromatic heterocycles. The van der Waals surface area contributed by atoms with Gasteiger partial charge in [0.25, 0.3) is 5.69 Å². The van der Waals surface area contributed by atoms with Crippen molar-refractivity contribution in [2.75, 3.05) is 0 Å². The molecule has 0 aliphatic carbocycles. The van der Waals surface area contributed by atoms with Gasteiger partial charge in [0.05, 0.1) is 15.1 Å². The maximum atomic E-state index is 11.1. The Labute approximate surface area is 189 Å². The molecule has 156 valence electrons. The molecule has 8 heteroatoms. The van der Waals surface area contributed by atoms with Crippen LogP contribution in [0.15, 0.2) is 86.7 Å². The highest BCUT2D eigenvalue weighted by molar-refractivity contribution is 9.10. The molecule has 0 saturated carbocycles. The van der Waals surface area contributed by atoms with E-state index in [4.69, 9.17) is 4.42 Å². The van der Waals surface area contributed by atoms with Crippen molar-refractivity contribution in [1.29, 1.82) is 0 Å². The van der Waals surface area contributed by atoms with Gasteiger partial charge in [0.15, 0.2) is 5.58 Å². The second-order valence-corrected chi connectivity index (χ2v) is 7.97. The van der Waals surface area contributed by atoms with Crippen molar-refractivity contribution in [1.82, 2.24) is 4.98 Å². The molecule has 0 aliphatic rings. The number of non-ortho nitro benzene ring substituents is 1. The van der Waals surface area contributed by atoms with Crippen LogP contribution in [0.5, 0.6) is 5.75 Å². The van der Waals surface area contributed by atoms with E-state index < -0.39 is 4.92 Å². The largest absolute Gasteiger partial charge is 0.506 e. The number of rotatable bonds is 4. The minimum atomic E-state index is -0.530. The lowest BCUT2D eigenvalue weighted by atomic mass is 10.1. The second-order valence-electron chi connectivity index (χ2n) is 7.11. The Morgan fingerprint density at radius 2 is 1.84 bits per heavy atom. The summed E-state index contributed by atoms with van der Waals surface area (Å²) in [4.78, 5) is 19.5. The summed E-state index contributed by atoms with van der Waals surface area (Å²) in [5, 5.41) is 23.5. The number of phenols is 1. The van der Waals surface area contributed by atoms with Gasteiger partial charge in [-0.3, -0.25) is 15.1 Å². The van der Waals surface area contributed by atoms with E-state index in [0.717, 1.165) is 16.3 Å². The summed E-state index contributed by atoms with van der Waals surface area (Å²) in [5.41, 5.74) is 2.76. The van der Waals surface area contributed by atoms with Crippen LogP contribution >= 0.6 is 15.9 Å². The van der Waals surface area contributed by atoms with E-state index in [1.807, 2.05) is 42.5 Å². The van der Waals surface area contributed by atoms with Crippen LogP contribution in [-0.2, 0) is 0 Å². The molecule has 0 amide bonds. The predicted molar refractivity (Wildman–Crippen MR) is 127 cm³/mol. The Morgan fingerprint density at radius 3 is 2.66 bits per heavy atom. The van der Waals surface area contributed by atoms with E-state index >= 15 is 0 Å². The van der Waals surface area contributed by atoms with Crippen LogP contribution in [0.4, 0.5) is 11.4 Å². The average molecular weight is 488 g/mol. The maximum Gasteiger partial charge on any atom is 0.271 e. The Morgan fingerprint density at radius 1 is 1.03 bits per heavy atom. The van der Waals surface area contributed by atoms with Crippen molar-refractivity contribution in [3.05, 3.63) is 92.9 Å². The molecule has 0 bridgehead atoms. The first-order valence-electron chi connectivity index (χ1n) is 9.59. The first-order valence-corrected chi connectivity index (χ1v) is 10.4. The number of halogens is 1. The van der Waals surface area contributed by atoms with Crippen LogP contribution in [0.3, 0.4) is 0 Å². The Bertz CT molecular complexity index is 1540. The van der Waals surface area contributed by atoms with Gasteiger partial charge < -0.3 is 9.52 Å². The van der Waals surface area contributed by atoms with E-state index in [0.29, 0.717) is 22.7 Å². The number of fused-ring (bicyclic) bond motifs is 2. The molecule has 0 fully saturated rings. The molecule has 0 unspecified atom stereocenters. The van der Waals surface area contributed by atoms with Crippen molar-refractivity contribution in [3.63, 3.8) is 0 Å². The number of hydrogen-bond donors (Lipinski definition) is 1. The Balaban J connectivity index is 1.48. The van der Waals surface area contributed by atoms with Gasteiger partial charge in [0.1, 0.15) is 11.3 Å². The van der Waals surface area contributed by atoms with Gasteiger partial charge in [0.2, 0.25) is 5.89 Å². The molecule has 5 rings (SSSR count). The van der Waals surface area contributed by atoms with Crippen LogP contribution < -0.4 is 0 Å². The third kappa shape index (κ3) is 3.72. The highest BCUT2D eigenvalue weighted by Crippen LogP contribution is 2.33. The molecular formula is C24H14BrN3O4. The summed E-state index contributed by atoms with van der Waals surface area (Å²) in [6.45, 7) is 0. The van der Waals surface area contributed by atoms with E-state index in [1.54, 1.807) is 18.2 Å². The van der Waals surface area contributed by atoms with Gasteiger partial charge in [-0.05, 0) is 57.0 Å². The zero-order valence-corrected chi connectivity index (χ0v) is 18.0. The highest BCUT2D eigenvalue weighted by atomic mass is 79.9. The van der Waals surface area contributed by atoms with Crippen LogP contribution in [0, 0.1) is 10.1 Å². The van der Waals surface area contributed by atoms with Gasteiger partial charge in [-0.2, -0.15) is 0 Å². The molecule has 5 aromatic rings. The molecule has 0 radical (unpaired) electrons. The van der Waals surface area contributed by atoms with Crippen molar-refractivity contribution < 1.29 is 14.4 Å². The molecular weight excluding hydrogens is 474 g/mol. The Hall–Kier alpha value is -4.04. The van der Waals surface area contributed by atoms with E-state index in [-0.39, 0.29) is 21.5 Å². The highest BCUT2D eigenvalue weighted by Gasteiger charge is 2.14. The predicted octanol–water partition coefficient (Wildman–Crippen LogP) is 6.77. The second kappa shape index (κ2) is 7.90. The summed E-state index contributed by atoms with van der Waals surface area (Å²) in [6.07, 6.45) is 1.37. The van der Waals surface area contributed by atoms with E-state index in [2.05, 4.69) is 25.9 Å². The lowest BCUT2D eigenvalue weighted by Crippen LogP contribution is -1.91. The van der Waals surface area contributed by atoms with Gasteiger partial charge >= 0.3 is 0 Å². The van der Waals surface area contributed by atoms with Crippen LogP contribution in [0.25, 0.3) is 33.3 Å². The van der Waals surface area contributed by atoms with Gasteiger partial charge in [-0.1, -0.05) is 30.3 Å². The number of nitro benzene ring substituents is 1. The minimum absolute atomic E-state index is 0.125. The fourth-order valence-electron chi connectivity index (χ4n) is 3.40. The number of phenolic OH excluding ortho intramolecular Hbond substituents is 1. The maximum absolute atomic E-state index is 11.1. The fourth-order valence-corrected chi connectivity index (χ4v) is 3.86. The first kappa shape index (κ1) is 19.9. The lowest BCUT2D eigenvalue weighted by molar-refractivity contribution is -0.385. The summed E-state index contributed by atoms with van der Waals surface area (Å²) in [6, 6.07) is 21.9. The third-order valence-electron chi connectivity index (χ3n) is 5.01.